The van der Waals surface area contributed by atoms with Crippen LogP contribution in [0, 0.1) is 12.3 Å². The Morgan fingerprint density at radius 1 is 1.07 bits per heavy atom. The quantitative estimate of drug-likeness (QED) is 0.493. The van der Waals surface area contributed by atoms with Crippen LogP contribution in [0.5, 0.6) is 11.5 Å². The van der Waals surface area contributed by atoms with Gasteiger partial charge in [0.05, 0.1) is 17.2 Å². The number of rotatable bonds is 7. The van der Waals surface area contributed by atoms with Crippen molar-refractivity contribution in [1.82, 2.24) is 4.90 Å². The van der Waals surface area contributed by atoms with Crippen LogP contribution in [0.15, 0.2) is 58.4 Å². The number of amides is 1. The molecule has 0 atom stereocenters. The molecule has 0 saturated carbocycles. The highest BCUT2D eigenvalue weighted by Gasteiger charge is 2.32. The van der Waals surface area contributed by atoms with Gasteiger partial charge < -0.3 is 9.47 Å². The second-order valence-electron chi connectivity index (χ2n) is 6.04. The van der Waals surface area contributed by atoms with Crippen molar-refractivity contribution >= 4 is 34.6 Å². The zero-order valence-corrected chi connectivity index (χ0v) is 17.2. The summed E-state index contributed by atoms with van der Waals surface area (Å²) in [6.07, 6.45) is 7.06. The second-order valence-corrected chi connectivity index (χ2v) is 7.05. The van der Waals surface area contributed by atoms with E-state index in [1.54, 1.807) is 4.90 Å². The van der Waals surface area contributed by atoms with E-state index in [4.69, 9.17) is 15.9 Å². The summed E-state index contributed by atoms with van der Waals surface area (Å²) in [4.78, 5) is 19.7. The molecule has 0 N–H and O–H groups in total. The van der Waals surface area contributed by atoms with Crippen molar-refractivity contribution in [1.29, 1.82) is 0 Å². The van der Waals surface area contributed by atoms with E-state index >= 15 is 0 Å². The maximum Gasteiger partial charge on any atom is 0.266 e. The van der Waals surface area contributed by atoms with Crippen molar-refractivity contribution in [2.45, 2.75) is 13.8 Å². The van der Waals surface area contributed by atoms with Gasteiger partial charge in [0.15, 0.2) is 5.17 Å². The largest absolute Gasteiger partial charge is 0.494 e. The minimum Gasteiger partial charge on any atom is -0.494 e. The number of hydrogen-bond acceptors (Lipinski definition) is 5. The molecule has 1 fully saturated rings. The summed E-state index contributed by atoms with van der Waals surface area (Å²) in [7, 11) is 0. The van der Waals surface area contributed by atoms with E-state index in [9.17, 15) is 4.79 Å². The zero-order valence-electron chi connectivity index (χ0n) is 16.4. The SMILES string of the molecule is C#CCOc1ccc(/C=C2\SC(=Nc3ccc(OCC)cc3)N(CC)C2=O)cc1. The molecule has 1 heterocycles. The first-order chi connectivity index (χ1) is 14.1. The molecule has 0 spiro atoms. The van der Waals surface area contributed by atoms with Gasteiger partial charge >= 0.3 is 0 Å². The Kier molecular flexibility index (Phi) is 6.99. The first-order valence-electron chi connectivity index (χ1n) is 9.34. The van der Waals surface area contributed by atoms with Crippen molar-refractivity contribution in [3.63, 3.8) is 0 Å². The minimum absolute atomic E-state index is 0.0464. The number of ether oxygens (including phenoxy) is 2. The summed E-state index contributed by atoms with van der Waals surface area (Å²) < 4.78 is 10.8. The van der Waals surface area contributed by atoms with Crippen LogP contribution in [0.4, 0.5) is 5.69 Å². The second kappa shape index (κ2) is 9.85. The molecule has 1 aliphatic heterocycles. The number of carbonyl (C=O) groups is 1. The number of aliphatic imine (C=N–C) groups is 1. The predicted octanol–water partition coefficient (Wildman–Crippen LogP) is 4.72. The van der Waals surface area contributed by atoms with Gasteiger partial charge in [-0.05, 0) is 73.6 Å². The zero-order chi connectivity index (χ0) is 20.6. The lowest BCUT2D eigenvalue weighted by molar-refractivity contribution is -0.122. The van der Waals surface area contributed by atoms with Gasteiger partial charge in [-0.15, -0.1) is 6.42 Å². The molecule has 0 radical (unpaired) electrons. The highest BCUT2D eigenvalue weighted by atomic mass is 32.2. The molecular weight excluding hydrogens is 384 g/mol. The van der Waals surface area contributed by atoms with Gasteiger partial charge in [-0.3, -0.25) is 9.69 Å². The molecule has 1 amide bonds. The summed E-state index contributed by atoms with van der Waals surface area (Å²) in [5, 5.41) is 0.668. The Labute approximate surface area is 175 Å². The molecule has 1 aliphatic rings. The molecule has 0 bridgehead atoms. The summed E-state index contributed by atoms with van der Waals surface area (Å²) in [5.41, 5.74) is 1.69. The number of likely N-dealkylation sites (N-methyl/N-ethyl adjacent to an activating group) is 1. The summed E-state index contributed by atoms with van der Waals surface area (Å²) in [5.74, 6) is 3.88. The molecular formula is C23H22N2O3S. The fourth-order valence-electron chi connectivity index (χ4n) is 2.70. The average molecular weight is 407 g/mol. The third-order valence-electron chi connectivity index (χ3n) is 4.08. The Bertz CT molecular complexity index is 957. The predicted molar refractivity (Wildman–Crippen MR) is 118 cm³/mol. The van der Waals surface area contributed by atoms with Crippen LogP contribution in [0.1, 0.15) is 19.4 Å². The molecule has 2 aromatic carbocycles. The van der Waals surface area contributed by atoms with Gasteiger partial charge in [0, 0.05) is 6.54 Å². The molecule has 29 heavy (non-hydrogen) atoms. The number of thioether (sulfide) groups is 1. The van der Waals surface area contributed by atoms with Crippen LogP contribution >= 0.6 is 11.8 Å². The van der Waals surface area contributed by atoms with Crippen molar-refractivity contribution in [3.8, 4) is 23.8 Å². The number of benzene rings is 2. The van der Waals surface area contributed by atoms with E-state index in [0.29, 0.717) is 29.0 Å². The Morgan fingerprint density at radius 2 is 1.72 bits per heavy atom. The number of terminal acetylenes is 1. The van der Waals surface area contributed by atoms with Crippen molar-refractivity contribution in [3.05, 3.63) is 59.0 Å². The smallest absolute Gasteiger partial charge is 0.266 e. The minimum atomic E-state index is -0.0464. The fraction of sp³-hybridized carbons (Fsp3) is 0.217. The molecule has 6 heteroatoms. The van der Waals surface area contributed by atoms with E-state index < -0.39 is 0 Å². The average Bonchev–Trinajstić information content (AvgIpc) is 3.03. The Morgan fingerprint density at radius 3 is 2.34 bits per heavy atom. The molecule has 148 valence electrons. The van der Waals surface area contributed by atoms with Crippen LogP contribution in [0.2, 0.25) is 0 Å². The monoisotopic (exact) mass is 406 g/mol. The molecule has 2 aromatic rings. The van der Waals surface area contributed by atoms with Gasteiger partial charge in [-0.2, -0.15) is 0 Å². The number of carbonyl (C=O) groups excluding carboxylic acids is 1. The summed E-state index contributed by atoms with van der Waals surface area (Å²) in [6.45, 7) is 5.28. The van der Waals surface area contributed by atoms with Gasteiger partial charge in [-0.25, -0.2) is 4.99 Å². The normalized spacial score (nSPS) is 16.3. The van der Waals surface area contributed by atoms with Gasteiger partial charge in [-0.1, -0.05) is 18.1 Å². The van der Waals surface area contributed by atoms with E-state index in [1.807, 2.05) is 68.5 Å². The van der Waals surface area contributed by atoms with Crippen LogP contribution in [-0.2, 0) is 4.79 Å². The lowest BCUT2D eigenvalue weighted by atomic mass is 10.2. The van der Waals surface area contributed by atoms with Crippen molar-refractivity contribution in [2.75, 3.05) is 19.8 Å². The maximum atomic E-state index is 12.8. The van der Waals surface area contributed by atoms with E-state index in [1.165, 1.54) is 11.8 Å². The molecule has 3 rings (SSSR count). The standard InChI is InChI=1S/C23H22N2O3S/c1-4-15-28-20-11-7-17(8-12-20)16-21-22(26)25(5-2)23(29-21)24-18-9-13-19(14-10-18)27-6-3/h1,7-14,16H,5-6,15H2,2-3H3/b21-16-,24-23?. The Hall–Kier alpha value is -3.17. The molecule has 5 nitrogen and oxygen atoms in total. The number of amidine groups is 1. The topological polar surface area (TPSA) is 51.1 Å². The van der Waals surface area contributed by atoms with E-state index in [0.717, 1.165) is 17.0 Å². The van der Waals surface area contributed by atoms with E-state index in [2.05, 4.69) is 10.9 Å². The first kappa shape index (κ1) is 20.6. The van der Waals surface area contributed by atoms with Gasteiger partial charge in [0.1, 0.15) is 18.1 Å². The van der Waals surface area contributed by atoms with Crippen LogP contribution in [-0.4, -0.2) is 35.7 Å². The van der Waals surface area contributed by atoms with Crippen molar-refractivity contribution < 1.29 is 14.3 Å². The summed E-state index contributed by atoms with van der Waals surface area (Å²) >= 11 is 1.37. The van der Waals surface area contributed by atoms with Gasteiger partial charge in [0.2, 0.25) is 0 Å². The lowest BCUT2D eigenvalue weighted by Crippen LogP contribution is -2.28. The molecule has 0 aromatic heterocycles. The fourth-order valence-corrected chi connectivity index (χ4v) is 3.76. The van der Waals surface area contributed by atoms with E-state index in [-0.39, 0.29) is 12.5 Å². The Balaban J connectivity index is 1.79. The molecule has 0 unspecified atom stereocenters. The summed E-state index contributed by atoms with van der Waals surface area (Å²) in [6, 6.07) is 15.0. The third-order valence-corrected chi connectivity index (χ3v) is 5.08. The lowest BCUT2D eigenvalue weighted by Gasteiger charge is -2.12. The van der Waals surface area contributed by atoms with Crippen LogP contribution in [0.3, 0.4) is 0 Å². The van der Waals surface area contributed by atoms with Crippen LogP contribution < -0.4 is 9.47 Å². The number of hydrogen-bond donors (Lipinski definition) is 0. The van der Waals surface area contributed by atoms with Crippen molar-refractivity contribution in [2.24, 2.45) is 4.99 Å². The third kappa shape index (κ3) is 5.21. The highest BCUT2D eigenvalue weighted by molar-refractivity contribution is 8.18. The number of nitrogens with zero attached hydrogens (tertiary/aromatic N) is 2. The van der Waals surface area contributed by atoms with Gasteiger partial charge in [0.25, 0.3) is 5.91 Å². The maximum absolute atomic E-state index is 12.8. The first-order valence-corrected chi connectivity index (χ1v) is 10.2. The van der Waals surface area contributed by atoms with Crippen LogP contribution in [0.25, 0.3) is 6.08 Å². The molecule has 0 aliphatic carbocycles. The highest BCUT2D eigenvalue weighted by Crippen LogP contribution is 2.34. The molecule has 1 saturated heterocycles.